The molecule has 1 heterocycles. The van der Waals surface area contributed by atoms with E-state index in [9.17, 15) is 13.6 Å². The number of hydrogen-bond acceptors (Lipinski definition) is 2. The van der Waals surface area contributed by atoms with Gasteiger partial charge < -0.3 is 9.52 Å². The third-order valence-corrected chi connectivity index (χ3v) is 3.64. The number of fused-ring (bicyclic) bond motifs is 1. The van der Waals surface area contributed by atoms with Crippen molar-refractivity contribution in [2.75, 3.05) is 0 Å². The standard InChI is InChI=1S/C14H12F2O3/c15-10-6-11(16)14-8(3-4-19-14)13(10)9(5-12(17)18)7-1-2-7/h3-4,6-7,9H,1-2,5H2,(H,17,18). The second-order valence-electron chi connectivity index (χ2n) is 4.96. The molecule has 3 nitrogen and oxygen atoms in total. The molecule has 2 aromatic rings. The lowest BCUT2D eigenvalue weighted by atomic mass is 9.88. The molecule has 0 radical (unpaired) electrons. The van der Waals surface area contributed by atoms with Crippen molar-refractivity contribution in [2.24, 2.45) is 5.92 Å². The Labute approximate surface area is 107 Å². The van der Waals surface area contributed by atoms with Gasteiger partial charge in [0.05, 0.1) is 12.7 Å². The maximum atomic E-state index is 14.1. The fourth-order valence-corrected chi connectivity index (χ4v) is 2.66. The van der Waals surface area contributed by atoms with E-state index in [-0.39, 0.29) is 23.5 Å². The molecule has 1 aliphatic carbocycles. The van der Waals surface area contributed by atoms with Crippen LogP contribution in [0, 0.1) is 17.6 Å². The highest BCUT2D eigenvalue weighted by Gasteiger charge is 2.37. The summed E-state index contributed by atoms with van der Waals surface area (Å²) in [4.78, 5) is 10.9. The Balaban J connectivity index is 2.16. The first-order valence-corrected chi connectivity index (χ1v) is 6.15. The summed E-state index contributed by atoms with van der Waals surface area (Å²) in [5.41, 5.74) is 0.266. The van der Waals surface area contributed by atoms with E-state index >= 15 is 0 Å². The van der Waals surface area contributed by atoms with Crippen LogP contribution in [-0.2, 0) is 4.79 Å². The number of benzene rings is 1. The Hall–Kier alpha value is -1.91. The van der Waals surface area contributed by atoms with Crippen LogP contribution in [0.25, 0.3) is 11.0 Å². The predicted octanol–water partition coefficient (Wildman–Crippen LogP) is 3.68. The van der Waals surface area contributed by atoms with Crippen LogP contribution in [-0.4, -0.2) is 11.1 Å². The first-order chi connectivity index (χ1) is 9.08. The van der Waals surface area contributed by atoms with Gasteiger partial charge in [0.2, 0.25) is 0 Å². The number of carbonyl (C=O) groups is 1. The largest absolute Gasteiger partial charge is 0.481 e. The molecule has 100 valence electrons. The molecule has 0 spiro atoms. The average Bonchev–Trinajstić information content (AvgIpc) is 3.05. The average molecular weight is 266 g/mol. The van der Waals surface area contributed by atoms with Crippen molar-refractivity contribution in [3.8, 4) is 0 Å². The number of furan rings is 1. The van der Waals surface area contributed by atoms with Gasteiger partial charge in [0.15, 0.2) is 11.4 Å². The van der Waals surface area contributed by atoms with Crippen molar-refractivity contribution < 1.29 is 23.1 Å². The first kappa shape index (κ1) is 12.1. The smallest absolute Gasteiger partial charge is 0.303 e. The fourth-order valence-electron chi connectivity index (χ4n) is 2.66. The summed E-state index contributed by atoms with van der Waals surface area (Å²) >= 11 is 0. The lowest BCUT2D eigenvalue weighted by Gasteiger charge is -2.16. The van der Waals surface area contributed by atoms with Crippen LogP contribution in [0.15, 0.2) is 22.8 Å². The van der Waals surface area contributed by atoms with Crippen molar-refractivity contribution in [3.63, 3.8) is 0 Å². The van der Waals surface area contributed by atoms with Gasteiger partial charge >= 0.3 is 5.97 Å². The lowest BCUT2D eigenvalue weighted by molar-refractivity contribution is -0.137. The van der Waals surface area contributed by atoms with E-state index in [1.165, 1.54) is 12.3 Å². The number of carboxylic acids is 1. The first-order valence-electron chi connectivity index (χ1n) is 6.15. The number of aliphatic carboxylic acids is 1. The molecular weight excluding hydrogens is 254 g/mol. The molecule has 1 atom stereocenters. The van der Waals surface area contributed by atoms with Gasteiger partial charge in [-0.2, -0.15) is 0 Å². The molecule has 1 saturated carbocycles. The molecule has 1 fully saturated rings. The summed E-state index contributed by atoms with van der Waals surface area (Å²) in [6.07, 6.45) is 2.91. The number of carboxylic acid groups (broad SMARTS) is 1. The molecule has 0 amide bonds. The van der Waals surface area contributed by atoms with Crippen molar-refractivity contribution in [3.05, 3.63) is 35.6 Å². The Morgan fingerprint density at radius 1 is 1.42 bits per heavy atom. The van der Waals surface area contributed by atoms with Gasteiger partial charge in [0, 0.05) is 22.9 Å². The highest BCUT2D eigenvalue weighted by Crippen LogP contribution is 2.47. The van der Waals surface area contributed by atoms with Crippen molar-refractivity contribution >= 4 is 16.9 Å². The van der Waals surface area contributed by atoms with Crippen LogP contribution < -0.4 is 0 Å². The van der Waals surface area contributed by atoms with E-state index in [2.05, 4.69) is 0 Å². The topological polar surface area (TPSA) is 50.4 Å². The molecule has 0 saturated heterocycles. The molecule has 0 bridgehead atoms. The number of hydrogen-bond donors (Lipinski definition) is 1. The normalized spacial score (nSPS) is 16.7. The van der Waals surface area contributed by atoms with Crippen LogP contribution in [0.3, 0.4) is 0 Å². The SMILES string of the molecule is O=C(O)CC(c1c(F)cc(F)c2occc12)C1CC1. The van der Waals surface area contributed by atoms with E-state index in [4.69, 9.17) is 9.52 Å². The van der Waals surface area contributed by atoms with Crippen molar-refractivity contribution in [1.29, 1.82) is 0 Å². The molecule has 5 heteroatoms. The highest BCUT2D eigenvalue weighted by atomic mass is 19.1. The summed E-state index contributed by atoms with van der Waals surface area (Å²) in [5, 5.41) is 9.31. The third kappa shape index (κ3) is 2.09. The van der Waals surface area contributed by atoms with Crippen LogP contribution in [0.4, 0.5) is 8.78 Å². The van der Waals surface area contributed by atoms with Gasteiger partial charge in [-0.3, -0.25) is 4.79 Å². The predicted molar refractivity (Wildman–Crippen MR) is 63.8 cm³/mol. The molecule has 1 aliphatic rings. The van der Waals surface area contributed by atoms with Gasteiger partial charge in [-0.15, -0.1) is 0 Å². The van der Waals surface area contributed by atoms with E-state index in [1.807, 2.05) is 0 Å². The minimum Gasteiger partial charge on any atom is -0.481 e. The van der Waals surface area contributed by atoms with E-state index < -0.39 is 23.5 Å². The minimum absolute atomic E-state index is 0.00700. The van der Waals surface area contributed by atoms with Crippen LogP contribution in [0.1, 0.15) is 30.7 Å². The maximum absolute atomic E-state index is 14.1. The maximum Gasteiger partial charge on any atom is 0.303 e. The number of rotatable bonds is 4. The molecule has 3 rings (SSSR count). The second-order valence-corrected chi connectivity index (χ2v) is 4.96. The van der Waals surface area contributed by atoms with Gasteiger partial charge in [-0.05, 0) is 24.8 Å². The Morgan fingerprint density at radius 2 is 2.16 bits per heavy atom. The lowest BCUT2D eigenvalue weighted by Crippen LogP contribution is -2.11. The Bertz CT molecular complexity index is 643. The summed E-state index contributed by atoms with van der Waals surface area (Å²) < 4.78 is 32.6. The number of halogens is 2. The summed E-state index contributed by atoms with van der Waals surface area (Å²) in [6, 6.07) is 2.27. The third-order valence-electron chi connectivity index (χ3n) is 3.64. The summed E-state index contributed by atoms with van der Waals surface area (Å²) in [5.74, 6) is -2.68. The monoisotopic (exact) mass is 266 g/mol. The Morgan fingerprint density at radius 3 is 2.79 bits per heavy atom. The quantitative estimate of drug-likeness (QED) is 0.918. The highest BCUT2D eigenvalue weighted by molar-refractivity contribution is 5.83. The van der Waals surface area contributed by atoms with Crippen LogP contribution >= 0.6 is 0 Å². The van der Waals surface area contributed by atoms with Crippen LogP contribution in [0.5, 0.6) is 0 Å². The van der Waals surface area contributed by atoms with Gasteiger partial charge in [0.25, 0.3) is 0 Å². The fraction of sp³-hybridized carbons (Fsp3) is 0.357. The van der Waals surface area contributed by atoms with Crippen LogP contribution in [0.2, 0.25) is 0 Å². The van der Waals surface area contributed by atoms with E-state index in [0.29, 0.717) is 5.39 Å². The van der Waals surface area contributed by atoms with Crippen molar-refractivity contribution in [1.82, 2.24) is 0 Å². The summed E-state index contributed by atoms with van der Waals surface area (Å²) in [7, 11) is 0. The van der Waals surface area contributed by atoms with Gasteiger partial charge in [-0.25, -0.2) is 8.78 Å². The summed E-state index contributed by atoms with van der Waals surface area (Å²) in [6.45, 7) is 0. The molecule has 1 aromatic heterocycles. The van der Waals surface area contributed by atoms with Gasteiger partial charge in [-0.1, -0.05) is 0 Å². The molecule has 1 N–H and O–H groups in total. The van der Waals surface area contributed by atoms with Crippen molar-refractivity contribution in [2.45, 2.75) is 25.2 Å². The van der Waals surface area contributed by atoms with Gasteiger partial charge in [0.1, 0.15) is 5.82 Å². The van der Waals surface area contributed by atoms with E-state index in [0.717, 1.165) is 18.9 Å². The zero-order valence-corrected chi connectivity index (χ0v) is 10.0. The zero-order valence-electron chi connectivity index (χ0n) is 10.0. The van der Waals surface area contributed by atoms with E-state index in [1.54, 1.807) is 0 Å². The minimum atomic E-state index is -0.975. The molecule has 1 unspecified atom stereocenters. The molecule has 1 aromatic carbocycles. The zero-order chi connectivity index (χ0) is 13.6. The second kappa shape index (κ2) is 4.33. The molecular formula is C14H12F2O3. The molecule has 19 heavy (non-hydrogen) atoms. The Kier molecular flexibility index (Phi) is 2.77. The molecule has 0 aliphatic heterocycles.